The van der Waals surface area contributed by atoms with Crippen LogP contribution in [0.1, 0.15) is 33.5 Å². The molecule has 0 saturated carbocycles. The summed E-state index contributed by atoms with van der Waals surface area (Å²) in [5, 5.41) is 11.3. The number of ether oxygens (including phenoxy) is 2. The van der Waals surface area contributed by atoms with Gasteiger partial charge < -0.3 is 14.4 Å². The van der Waals surface area contributed by atoms with Gasteiger partial charge in [-0.15, -0.1) is 0 Å². The number of nitrogens with zero attached hydrogens (tertiary/aromatic N) is 3. The Balaban J connectivity index is 1.47. The van der Waals surface area contributed by atoms with Gasteiger partial charge in [0.15, 0.2) is 6.79 Å². The van der Waals surface area contributed by atoms with Crippen molar-refractivity contribution in [1.29, 1.82) is 0 Å². The Bertz CT molecular complexity index is 962. The first-order valence-electron chi connectivity index (χ1n) is 10.1. The van der Waals surface area contributed by atoms with Crippen LogP contribution in [-0.4, -0.2) is 53.6 Å². The highest BCUT2D eigenvalue weighted by atomic mass is 16.7. The average Bonchev–Trinajstić information content (AvgIpc) is 2.98. The summed E-state index contributed by atoms with van der Waals surface area (Å²) < 4.78 is 10.9. The van der Waals surface area contributed by atoms with Crippen molar-refractivity contribution >= 4 is 11.6 Å². The first-order chi connectivity index (χ1) is 14.5. The summed E-state index contributed by atoms with van der Waals surface area (Å²) in [7, 11) is 0. The molecule has 0 N–H and O–H groups in total. The number of nitro benzene ring substituents is 1. The zero-order chi connectivity index (χ0) is 21.1. The number of hydrogen-bond acceptors (Lipinski definition) is 6. The number of fused-ring (bicyclic) bond motifs is 1. The summed E-state index contributed by atoms with van der Waals surface area (Å²) in [6, 6.07) is 10.8. The normalized spacial score (nSPS) is 17.0. The Morgan fingerprint density at radius 2 is 2.03 bits per heavy atom. The molecular weight excluding hydrogens is 386 g/mol. The number of carbonyl (C=O) groups is 1. The molecule has 1 saturated heterocycles. The van der Waals surface area contributed by atoms with Gasteiger partial charge in [-0.25, -0.2) is 0 Å². The largest absolute Gasteiger partial charge is 0.467 e. The SMILES string of the molecule is Cc1cccc(C(=O)N2CCCN(Cc3cc([N+](=O)[O-])cc4c3OCOC4)CC2)c1. The van der Waals surface area contributed by atoms with Crippen LogP contribution in [0.5, 0.6) is 5.75 Å². The number of amides is 1. The average molecular weight is 411 g/mol. The smallest absolute Gasteiger partial charge is 0.270 e. The fourth-order valence-corrected chi connectivity index (χ4v) is 4.04. The van der Waals surface area contributed by atoms with Crippen LogP contribution in [0.15, 0.2) is 36.4 Å². The van der Waals surface area contributed by atoms with Gasteiger partial charge in [0.1, 0.15) is 5.75 Å². The van der Waals surface area contributed by atoms with Gasteiger partial charge in [-0.2, -0.15) is 0 Å². The Morgan fingerprint density at radius 1 is 1.17 bits per heavy atom. The Labute approximate surface area is 175 Å². The second-order valence-corrected chi connectivity index (χ2v) is 7.75. The zero-order valence-corrected chi connectivity index (χ0v) is 17.0. The molecule has 2 heterocycles. The number of rotatable bonds is 4. The highest BCUT2D eigenvalue weighted by Crippen LogP contribution is 2.33. The van der Waals surface area contributed by atoms with E-state index in [1.165, 1.54) is 6.07 Å². The molecule has 2 aliphatic rings. The predicted molar refractivity (Wildman–Crippen MR) is 110 cm³/mol. The highest BCUT2D eigenvalue weighted by molar-refractivity contribution is 5.94. The van der Waals surface area contributed by atoms with Crippen molar-refractivity contribution in [2.45, 2.75) is 26.5 Å². The molecule has 0 radical (unpaired) electrons. The van der Waals surface area contributed by atoms with Gasteiger partial charge in [0.25, 0.3) is 11.6 Å². The van der Waals surface area contributed by atoms with Gasteiger partial charge in [-0.1, -0.05) is 17.7 Å². The van der Waals surface area contributed by atoms with Crippen molar-refractivity contribution in [2.24, 2.45) is 0 Å². The Morgan fingerprint density at radius 3 is 2.83 bits per heavy atom. The molecule has 2 aromatic carbocycles. The van der Waals surface area contributed by atoms with Crippen molar-refractivity contribution < 1.29 is 19.2 Å². The predicted octanol–water partition coefficient (Wildman–Crippen LogP) is 3.12. The summed E-state index contributed by atoms with van der Waals surface area (Å²) >= 11 is 0. The van der Waals surface area contributed by atoms with E-state index in [2.05, 4.69) is 4.90 Å². The van der Waals surface area contributed by atoms with Crippen molar-refractivity contribution in [3.8, 4) is 5.75 Å². The van der Waals surface area contributed by atoms with Gasteiger partial charge in [0, 0.05) is 61.5 Å². The number of nitro groups is 1. The molecule has 158 valence electrons. The second kappa shape index (κ2) is 8.81. The maximum atomic E-state index is 12.9. The van der Waals surface area contributed by atoms with E-state index < -0.39 is 0 Å². The molecule has 1 amide bonds. The van der Waals surface area contributed by atoms with Crippen LogP contribution in [0, 0.1) is 17.0 Å². The van der Waals surface area contributed by atoms with E-state index in [0.717, 1.165) is 24.1 Å². The van der Waals surface area contributed by atoms with Crippen LogP contribution >= 0.6 is 0 Å². The van der Waals surface area contributed by atoms with E-state index in [4.69, 9.17) is 9.47 Å². The second-order valence-electron chi connectivity index (χ2n) is 7.75. The minimum atomic E-state index is -0.386. The molecule has 2 aliphatic heterocycles. The minimum Gasteiger partial charge on any atom is -0.467 e. The Kier molecular flexibility index (Phi) is 5.96. The molecule has 0 spiro atoms. The van der Waals surface area contributed by atoms with Crippen LogP contribution in [-0.2, 0) is 17.9 Å². The number of hydrogen-bond donors (Lipinski definition) is 0. The van der Waals surface area contributed by atoms with Crippen LogP contribution in [0.2, 0.25) is 0 Å². The van der Waals surface area contributed by atoms with Crippen LogP contribution < -0.4 is 4.74 Å². The number of carbonyl (C=O) groups excluding carboxylic acids is 1. The fourth-order valence-electron chi connectivity index (χ4n) is 4.04. The molecule has 0 bridgehead atoms. The molecule has 0 unspecified atom stereocenters. The molecule has 0 atom stereocenters. The summed E-state index contributed by atoms with van der Waals surface area (Å²) in [5.74, 6) is 0.734. The van der Waals surface area contributed by atoms with E-state index >= 15 is 0 Å². The first-order valence-corrected chi connectivity index (χ1v) is 10.1. The summed E-state index contributed by atoms with van der Waals surface area (Å²) in [6.45, 7) is 5.80. The Hall–Kier alpha value is -2.97. The van der Waals surface area contributed by atoms with E-state index in [9.17, 15) is 14.9 Å². The van der Waals surface area contributed by atoms with Gasteiger partial charge in [0.05, 0.1) is 11.5 Å². The van der Waals surface area contributed by atoms with Gasteiger partial charge in [-0.3, -0.25) is 19.8 Å². The van der Waals surface area contributed by atoms with Crippen LogP contribution in [0.3, 0.4) is 0 Å². The quantitative estimate of drug-likeness (QED) is 0.568. The van der Waals surface area contributed by atoms with E-state index in [-0.39, 0.29) is 23.3 Å². The molecular formula is C22H25N3O5. The molecule has 4 rings (SSSR count). The summed E-state index contributed by atoms with van der Waals surface area (Å²) in [4.78, 5) is 27.9. The van der Waals surface area contributed by atoms with Crippen LogP contribution in [0.4, 0.5) is 5.69 Å². The number of aryl methyl sites for hydroxylation is 1. The van der Waals surface area contributed by atoms with Gasteiger partial charge in [-0.05, 0) is 25.5 Å². The van der Waals surface area contributed by atoms with E-state index in [0.29, 0.717) is 49.7 Å². The number of non-ortho nitro benzene ring substituents is 1. The minimum absolute atomic E-state index is 0.0453. The van der Waals surface area contributed by atoms with Crippen LogP contribution in [0.25, 0.3) is 0 Å². The lowest BCUT2D eigenvalue weighted by Gasteiger charge is -2.25. The maximum absolute atomic E-state index is 12.9. The molecule has 30 heavy (non-hydrogen) atoms. The maximum Gasteiger partial charge on any atom is 0.270 e. The molecule has 0 aliphatic carbocycles. The van der Waals surface area contributed by atoms with E-state index in [1.54, 1.807) is 6.07 Å². The monoisotopic (exact) mass is 411 g/mol. The molecule has 1 fully saturated rings. The fraction of sp³-hybridized carbons (Fsp3) is 0.409. The summed E-state index contributed by atoms with van der Waals surface area (Å²) in [6.07, 6.45) is 0.846. The lowest BCUT2D eigenvalue weighted by molar-refractivity contribution is -0.385. The third-order valence-corrected chi connectivity index (χ3v) is 5.52. The first kappa shape index (κ1) is 20.3. The molecule has 8 nitrogen and oxygen atoms in total. The standard InChI is InChI=1S/C22H25N3O5/c1-16-4-2-5-17(10-16)22(26)24-7-3-6-23(8-9-24)13-18-11-20(25(27)28)12-19-14-29-15-30-21(18)19/h2,4-5,10-12H,3,6-9,13-15H2,1H3. The molecule has 2 aromatic rings. The lowest BCUT2D eigenvalue weighted by atomic mass is 10.1. The van der Waals surface area contributed by atoms with E-state index in [1.807, 2.05) is 36.1 Å². The molecule has 8 heteroatoms. The third-order valence-electron chi connectivity index (χ3n) is 5.52. The van der Waals surface area contributed by atoms with Gasteiger partial charge >= 0.3 is 0 Å². The third kappa shape index (κ3) is 4.44. The molecule has 0 aromatic heterocycles. The van der Waals surface area contributed by atoms with Crippen molar-refractivity contribution in [3.05, 3.63) is 68.8 Å². The van der Waals surface area contributed by atoms with Crippen molar-refractivity contribution in [2.75, 3.05) is 33.0 Å². The van der Waals surface area contributed by atoms with Crippen molar-refractivity contribution in [3.63, 3.8) is 0 Å². The zero-order valence-electron chi connectivity index (χ0n) is 17.0. The highest BCUT2D eigenvalue weighted by Gasteiger charge is 2.24. The number of benzene rings is 2. The summed E-state index contributed by atoms with van der Waals surface area (Å²) in [5.41, 5.74) is 3.32. The van der Waals surface area contributed by atoms with Crippen molar-refractivity contribution in [1.82, 2.24) is 9.80 Å². The van der Waals surface area contributed by atoms with Gasteiger partial charge in [0.2, 0.25) is 0 Å². The lowest BCUT2D eigenvalue weighted by Crippen LogP contribution is -2.35. The topological polar surface area (TPSA) is 85.2 Å².